The first kappa shape index (κ1) is 16.6. The molecule has 1 unspecified atom stereocenters. The lowest BCUT2D eigenvalue weighted by Crippen LogP contribution is -2.57. The van der Waals surface area contributed by atoms with Gasteiger partial charge in [-0.3, -0.25) is 0 Å². The molecule has 1 aromatic carbocycles. The summed E-state index contributed by atoms with van der Waals surface area (Å²) < 4.78 is 15.9. The lowest BCUT2D eigenvalue weighted by Gasteiger charge is -2.36. The molecule has 0 bridgehead atoms. The molecule has 2 aliphatic heterocycles. The van der Waals surface area contributed by atoms with Gasteiger partial charge < -0.3 is 24.4 Å². The molecule has 0 radical (unpaired) electrons. The largest absolute Gasteiger partial charge is 0.491 e. The van der Waals surface area contributed by atoms with Crippen LogP contribution in [-0.2, 0) is 20.7 Å². The van der Waals surface area contributed by atoms with Crippen molar-refractivity contribution < 1.29 is 23.8 Å². The molecule has 3 atom stereocenters. The number of ether oxygens (including phenoxy) is 3. The van der Waals surface area contributed by atoms with E-state index >= 15 is 0 Å². The maximum Gasteiger partial charge on any atom is 0.336 e. The molecule has 3 rings (SSSR count). The van der Waals surface area contributed by atoms with Crippen molar-refractivity contribution in [1.82, 2.24) is 10.2 Å². The summed E-state index contributed by atoms with van der Waals surface area (Å²) in [5, 5.41) is 2.98. The van der Waals surface area contributed by atoms with Gasteiger partial charge in [-0.2, -0.15) is 0 Å². The van der Waals surface area contributed by atoms with E-state index in [1.54, 1.807) is 4.90 Å². The molecule has 0 aromatic heterocycles. The number of rotatable bonds is 2. The van der Waals surface area contributed by atoms with Crippen LogP contribution in [0.4, 0.5) is 4.79 Å². The van der Waals surface area contributed by atoms with Gasteiger partial charge in [0, 0.05) is 6.54 Å². The highest BCUT2D eigenvalue weighted by Crippen LogP contribution is 2.24. The Morgan fingerprint density at radius 2 is 2.08 bits per heavy atom. The van der Waals surface area contributed by atoms with Crippen molar-refractivity contribution in [2.45, 2.75) is 31.6 Å². The molecule has 2 amide bonds. The van der Waals surface area contributed by atoms with Crippen molar-refractivity contribution in [3.63, 3.8) is 0 Å². The molecule has 24 heavy (non-hydrogen) atoms. The van der Waals surface area contributed by atoms with E-state index in [1.807, 2.05) is 31.2 Å². The van der Waals surface area contributed by atoms with Crippen LogP contribution in [0.15, 0.2) is 24.3 Å². The molecule has 2 heterocycles. The number of esters is 1. The third-order valence-corrected chi connectivity index (χ3v) is 4.22. The molecule has 1 N–H and O–H groups in total. The molecule has 7 heteroatoms. The molecule has 0 saturated carbocycles. The Labute approximate surface area is 140 Å². The predicted molar refractivity (Wildman–Crippen MR) is 85.9 cm³/mol. The van der Waals surface area contributed by atoms with Crippen molar-refractivity contribution in [2.24, 2.45) is 0 Å². The van der Waals surface area contributed by atoms with E-state index in [1.165, 1.54) is 7.11 Å². The van der Waals surface area contributed by atoms with Crippen molar-refractivity contribution in [3.8, 4) is 5.75 Å². The summed E-state index contributed by atoms with van der Waals surface area (Å²) in [4.78, 5) is 25.8. The monoisotopic (exact) mass is 334 g/mol. The van der Waals surface area contributed by atoms with E-state index in [0.29, 0.717) is 13.2 Å². The second-order valence-corrected chi connectivity index (χ2v) is 6.13. The average Bonchev–Trinajstić information content (AvgIpc) is 2.60. The van der Waals surface area contributed by atoms with Crippen LogP contribution in [0.1, 0.15) is 12.5 Å². The van der Waals surface area contributed by atoms with Gasteiger partial charge in [0.15, 0.2) is 6.10 Å². The number of nitrogens with one attached hydrogen (secondary N) is 1. The number of carbonyl (C=O) groups excluding carboxylic acids is 2. The Bertz CT molecular complexity index is 621. The minimum Gasteiger partial charge on any atom is -0.491 e. The van der Waals surface area contributed by atoms with Gasteiger partial charge in [-0.05, 0) is 25.0 Å². The number of carbonyl (C=O) groups is 2. The van der Waals surface area contributed by atoms with Gasteiger partial charge in [0.1, 0.15) is 12.4 Å². The van der Waals surface area contributed by atoms with Gasteiger partial charge in [0.25, 0.3) is 0 Å². The highest BCUT2D eigenvalue weighted by Gasteiger charge is 2.34. The summed E-state index contributed by atoms with van der Waals surface area (Å²) >= 11 is 0. The van der Waals surface area contributed by atoms with Crippen molar-refractivity contribution in [2.75, 3.05) is 26.8 Å². The minimum absolute atomic E-state index is 0.0953. The number of amides is 2. The standard InChI is InChI=1S/C17H22N2O5/c1-11-8-19(9-15(24-11)16(20)22-2)17(21)18-13-7-12-5-3-4-6-14(12)23-10-13/h3-6,11,13,15H,7-10H2,1-2H3,(H,18,21)/t11-,13?,15-/m1/s1. The maximum absolute atomic E-state index is 12.5. The van der Waals surface area contributed by atoms with Gasteiger partial charge >= 0.3 is 12.0 Å². The topological polar surface area (TPSA) is 77.1 Å². The molecule has 0 aliphatic carbocycles. The molecule has 2 aliphatic rings. The fourth-order valence-electron chi connectivity index (χ4n) is 3.07. The van der Waals surface area contributed by atoms with Crippen LogP contribution < -0.4 is 10.1 Å². The first-order valence-electron chi connectivity index (χ1n) is 8.06. The minimum atomic E-state index is -0.743. The first-order chi connectivity index (χ1) is 11.6. The second-order valence-electron chi connectivity index (χ2n) is 6.13. The summed E-state index contributed by atoms with van der Waals surface area (Å²) in [5.74, 6) is 0.406. The number of benzene rings is 1. The van der Waals surface area contributed by atoms with E-state index < -0.39 is 12.1 Å². The summed E-state index contributed by atoms with van der Waals surface area (Å²) in [6.45, 7) is 2.88. The number of hydrogen-bond acceptors (Lipinski definition) is 5. The summed E-state index contributed by atoms with van der Waals surface area (Å²) in [6.07, 6.45) is -0.243. The van der Waals surface area contributed by atoms with Crippen LogP contribution in [0.25, 0.3) is 0 Å². The summed E-state index contributed by atoms with van der Waals surface area (Å²) in [6, 6.07) is 7.50. The maximum atomic E-state index is 12.5. The van der Waals surface area contributed by atoms with E-state index in [9.17, 15) is 9.59 Å². The van der Waals surface area contributed by atoms with Gasteiger partial charge in [-0.25, -0.2) is 9.59 Å². The number of fused-ring (bicyclic) bond motifs is 1. The van der Waals surface area contributed by atoms with Crippen LogP contribution in [0.5, 0.6) is 5.75 Å². The Kier molecular flexibility index (Phi) is 4.89. The fourth-order valence-corrected chi connectivity index (χ4v) is 3.07. The van der Waals surface area contributed by atoms with Gasteiger partial charge in [0.2, 0.25) is 0 Å². The Balaban J connectivity index is 1.59. The van der Waals surface area contributed by atoms with Crippen LogP contribution in [-0.4, -0.2) is 62.0 Å². The highest BCUT2D eigenvalue weighted by atomic mass is 16.6. The molecular weight excluding hydrogens is 312 g/mol. The number of urea groups is 1. The van der Waals surface area contributed by atoms with Gasteiger partial charge in [-0.1, -0.05) is 18.2 Å². The molecule has 0 spiro atoms. The number of morpholine rings is 1. The SMILES string of the molecule is COC(=O)[C@H]1CN(C(=O)NC2COc3ccccc3C2)C[C@@H](C)O1. The molecule has 1 saturated heterocycles. The lowest BCUT2D eigenvalue weighted by atomic mass is 10.0. The number of methoxy groups -OCH3 is 1. The van der Waals surface area contributed by atoms with E-state index in [-0.39, 0.29) is 24.7 Å². The zero-order valence-electron chi connectivity index (χ0n) is 13.9. The van der Waals surface area contributed by atoms with Crippen molar-refractivity contribution >= 4 is 12.0 Å². The fraction of sp³-hybridized carbons (Fsp3) is 0.529. The smallest absolute Gasteiger partial charge is 0.336 e. The zero-order valence-corrected chi connectivity index (χ0v) is 13.9. The van der Waals surface area contributed by atoms with Gasteiger partial charge in [-0.15, -0.1) is 0 Å². The Morgan fingerprint density at radius 3 is 2.88 bits per heavy atom. The normalized spacial score (nSPS) is 26.1. The zero-order chi connectivity index (χ0) is 17.1. The first-order valence-corrected chi connectivity index (χ1v) is 8.06. The number of para-hydroxylation sites is 1. The third kappa shape index (κ3) is 3.62. The quantitative estimate of drug-likeness (QED) is 0.815. The average molecular weight is 334 g/mol. The molecule has 7 nitrogen and oxygen atoms in total. The van der Waals surface area contributed by atoms with Crippen molar-refractivity contribution in [3.05, 3.63) is 29.8 Å². The highest BCUT2D eigenvalue weighted by molar-refractivity contribution is 5.78. The number of nitrogens with zero attached hydrogens (tertiary/aromatic N) is 1. The third-order valence-electron chi connectivity index (χ3n) is 4.22. The van der Waals surface area contributed by atoms with E-state index in [2.05, 4.69) is 5.32 Å². The summed E-state index contributed by atoms with van der Waals surface area (Å²) in [5.41, 5.74) is 1.08. The van der Waals surface area contributed by atoms with Gasteiger partial charge in [0.05, 0.1) is 25.8 Å². The molecule has 1 aromatic rings. The van der Waals surface area contributed by atoms with E-state index in [4.69, 9.17) is 14.2 Å². The number of hydrogen-bond donors (Lipinski definition) is 1. The van der Waals surface area contributed by atoms with Crippen LogP contribution in [0.3, 0.4) is 0 Å². The van der Waals surface area contributed by atoms with Crippen LogP contribution in [0, 0.1) is 0 Å². The Hall–Kier alpha value is -2.28. The molecular formula is C17H22N2O5. The molecule has 1 fully saturated rings. The predicted octanol–water partition coefficient (Wildman–Crippen LogP) is 0.962. The summed E-state index contributed by atoms with van der Waals surface area (Å²) in [7, 11) is 1.31. The van der Waals surface area contributed by atoms with E-state index in [0.717, 1.165) is 17.7 Å². The van der Waals surface area contributed by atoms with Crippen LogP contribution in [0.2, 0.25) is 0 Å². The lowest BCUT2D eigenvalue weighted by molar-refractivity contribution is -0.164. The second kappa shape index (κ2) is 7.09. The molecule has 130 valence electrons. The van der Waals surface area contributed by atoms with Crippen molar-refractivity contribution in [1.29, 1.82) is 0 Å². The van der Waals surface area contributed by atoms with Crippen LogP contribution >= 0.6 is 0 Å². The Morgan fingerprint density at radius 1 is 1.29 bits per heavy atom.